The fraction of sp³-hybridized carbons (Fsp3) is 0.350. The highest BCUT2D eigenvalue weighted by Crippen LogP contribution is 2.19. The van der Waals surface area contributed by atoms with Crippen LogP contribution in [0, 0.1) is 5.92 Å². The van der Waals surface area contributed by atoms with Gasteiger partial charge in [0, 0.05) is 13.2 Å². The molecule has 3 heteroatoms. The van der Waals surface area contributed by atoms with Crippen LogP contribution in [0.5, 0.6) is 0 Å². The molecule has 1 saturated heterocycles. The Labute approximate surface area is 137 Å². The zero-order chi connectivity index (χ0) is 15.9. The molecule has 0 bridgehead atoms. The van der Waals surface area contributed by atoms with Crippen LogP contribution in [0.1, 0.15) is 18.4 Å². The van der Waals surface area contributed by atoms with Crippen molar-refractivity contribution in [1.82, 2.24) is 5.32 Å². The lowest BCUT2D eigenvalue weighted by molar-refractivity contribution is -0.120. The fourth-order valence-corrected chi connectivity index (χ4v) is 2.92. The molecule has 1 fully saturated rings. The Balaban J connectivity index is 1.50. The van der Waals surface area contributed by atoms with E-state index in [-0.39, 0.29) is 5.91 Å². The van der Waals surface area contributed by atoms with E-state index in [1.807, 2.05) is 30.3 Å². The van der Waals surface area contributed by atoms with Gasteiger partial charge in [-0.1, -0.05) is 54.6 Å². The maximum atomic E-state index is 12.1. The van der Waals surface area contributed by atoms with Crippen LogP contribution in [-0.4, -0.2) is 25.7 Å². The van der Waals surface area contributed by atoms with Crippen molar-refractivity contribution < 1.29 is 9.53 Å². The van der Waals surface area contributed by atoms with Gasteiger partial charge in [-0.2, -0.15) is 0 Å². The highest BCUT2D eigenvalue weighted by molar-refractivity contribution is 5.78. The lowest BCUT2D eigenvalue weighted by Crippen LogP contribution is -2.34. The van der Waals surface area contributed by atoms with Gasteiger partial charge in [-0.15, -0.1) is 0 Å². The van der Waals surface area contributed by atoms with Crippen LogP contribution in [0.2, 0.25) is 0 Å². The summed E-state index contributed by atoms with van der Waals surface area (Å²) in [7, 11) is 0. The summed E-state index contributed by atoms with van der Waals surface area (Å²) >= 11 is 0. The van der Waals surface area contributed by atoms with Gasteiger partial charge in [0.2, 0.25) is 5.91 Å². The van der Waals surface area contributed by atoms with E-state index in [1.54, 1.807) is 0 Å². The average molecular weight is 309 g/mol. The maximum Gasteiger partial charge on any atom is 0.224 e. The maximum absolute atomic E-state index is 12.1. The second kappa shape index (κ2) is 7.93. The van der Waals surface area contributed by atoms with Crippen molar-refractivity contribution in [3.05, 3.63) is 60.2 Å². The van der Waals surface area contributed by atoms with Gasteiger partial charge in [-0.3, -0.25) is 4.79 Å². The molecule has 3 nitrogen and oxygen atoms in total. The summed E-state index contributed by atoms with van der Waals surface area (Å²) in [6, 6.07) is 18.5. The molecule has 2 aromatic rings. The van der Waals surface area contributed by atoms with E-state index in [4.69, 9.17) is 4.74 Å². The van der Waals surface area contributed by atoms with E-state index in [0.29, 0.717) is 12.3 Å². The lowest BCUT2D eigenvalue weighted by Gasteiger charge is -2.22. The van der Waals surface area contributed by atoms with Crippen molar-refractivity contribution in [3.63, 3.8) is 0 Å². The van der Waals surface area contributed by atoms with E-state index < -0.39 is 0 Å². The number of hydrogen-bond donors (Lipinski definition) is 1. The molecule has 0 saturated carbocycles. The summed E-state index contributed by atoms with van der Waals surface area (Å²) in [6.07, 6.45) is 2.68. The molecule has 0 spiro atoms. The molecule has 2 aromatic carbocycles. The summed E-state index contributed by atoms with van der Waals surface area (Å²) in [5.41, 5.74) is 3.41. The minimum Gasteiger partial charge on any atom is -0.381 e. The van der Waals surface area contributed by atoms with Crippen LogP contribution in [0.25, 0.3) is 11.1 Å². The Morgan fingerprint density at radius 3 is 2.48 bits per heavy atom. The zero-order valence-electron chi connectivity index (χ0n) is 13.3. The first kappa shape index (κ1) is 15.8. The predicted octanol–water partition coefficient (Wildman–Crippen LogP) is 3.44. The minimum absolute atomic E-state index is 0.0861. The average Bonchev–Trinajstić information content (AvgIpc) is 2.62. The van der Waals surface area contributed by atoms with Gasteiger partial charge in [0.25, 0.3) is 0 Å². The minimum atomic E-state index is 0.0861. The highest BCUT2D eigenvalue weighted by atomic mass is 16.5. The van der Waals surface area contributed by atoms with Crippen LogP contribution >= 0.6 is 0 Å². The topological polar surface area (TPSA) is 38.3 Å². The van der Waals surface area contributed by atoms with Gasteiger partial charge < -0.3 is 10.1 Å². The molecule has 120 valence electrons. The Morgan fingerprint density at radius 1 is 1.04 bits per heavy atom. The molecule has 0 aliphatic carbocycles. The summed E-state index contributed by atoms with van der Waals surface area (Å²) < 4.78 is 5.44. The fourth-order valence-electron chi connectivity index (χ4n) is 2.92. The number of nitrogens with one attached hydrogen (secondary N) is 1. The van der Waals surface area contributed by atoms with Crippen molar-refractivity contribution in [2.75, 3.05) is 19.8 Å². The normalized spacial score (nSPS) is 17.7. The van der Waals surface area contributed by atoms with E-state index in [9.17, 15) is 4.79 Å². The number of ether oxygens (including phenoxy) is 1. The molecule has 0 unspecified atom stereocenters. The van der Waals surface area contributed by atoms with E-state index in [0.717, 1.165) is 38.2 Å². The molecule has 1 aliphatic heterocycles. The number of carbonyl (C=O) groups excluding carboxylic acids is 1. The van der Waals surface area contributed by atoms with Gasteiger partial charge in [0.15, 0.2) is 0 Å². The predicted molar refractivity (Wildman–Crippen MR) is 92.1 cm³/mol. The Hall–Kier alpha value is -2.13. The number of rotatable bonds is 5. The van der Waals surface area contributed by atoms with E-state index in [1.165, 1.54) is 11.1 Å². The summed E-state index contributed by atoms with van der Waals surface area (Å²) in [6.45, 7) is 2.35. The molecule has 1 heterocycles. The van der Waals surface area contributed by atoms with Crippen molar-refractivity contribution in [3.8, 4) is 11.1 Å². The molecule has 1 N–H and O–H groups in total. The molecule has 1 atom stereocenters. The number of carbonyl (C=O) groups is 1. The molecular formula is C20H23NO2. The first-order chi connectivity index (χ1) is 11.3. The lowest BCUT2D eigenvalue weighted by atomic mass is 10.0. The first-order valence-corrected chi connectivity index (χ1v) is 8.30. The van der Waals surface area contributed by atoms with Gasteiger partial charge in [-0.05, 0) is 35.4 Å². The molecule has 0 radical (unpaired) electrons. The SMILES string of the molecule is O=C(Cc1ccc(-c2ccccc2)cc1)NC[C@H]1CCCOC1. The van der Waals surface area contributed by atoms with Crippen molar-refractivity contribution in [2.45, 2.75) is 19.3 Å². The number of hydrogen-bond acceptors (Lipinski definition) is 2. The highest BCUT2D eigenvalue weighted by Gasteiger charge is 2.14. The van der Waals surface area contributed by atoms with Gasteiger partial charge >= 0.3 is 0 Å². The van der Waals surface area contributed by atoms with Gasteiger partial charge in [-0.25, -0.2) is 0 Å². The third-order valence-corrected chi connectivity index (χ3v) is 4.27. The van der Waals surface area contributed by atoms with Crippen LogP contribution in [0.4, 0.5) is 0 Å². The van der Waals surface area contributed by atoms with Crippen LogP contribution < -0.4 is 5.32 Å². The Kier molecular flexibility index (Phi) is 5.43. The summed E-state index contributed by atoms with van der Waals surface area (Å²) in [4.78, 5) is 12.1. The Bertz CT molecular complexity index is 616. The van der Waals surface area contributed by atoms with Gasteiger partial charge in [0.05, 0.1) is 13.0 Å². The summed E-state index contributed by atoms with van der Waals surface area (Å²) in [5.74, 6) is 0.552. The Morgan fingerprint density at radius 2 is 1.78 bits per heavy atom. The van der Waals surface area contributed by atoms with Crippen molar-refractivity contribution in [2.24, 2.45) is 5.92 Å². The second-order valence-electron chi connectivity index (χ2n) is 6.13. The van der Waals surface area contributed by atoms with E-state index in [2.05, 4.69) is 29.6 Å². The molecule has 23 heavy (non-hydrogen) atoms. The van der Waals surface area contributed by atoms with E-state index >= 15 is 0 Å². The zero-order valence-corrected chi connectivity index (χ0v) is 13.3. The third kappa shape index (κ3) is 4.67. The number of amides is 1. The molecule has 0 aromatic heterocycles. The van der Waals surface area contributed by atoms with Crippen LogP contribution in [-0.2, 0) is 16.0 Å². The van der Waals surface area contributed by atoms with Crippen molar-refractivity contribution in [1.29, 1.82) is 0 Å². The van der Waals surface area contributed by atoms with Gasteiger partial charge in [0.1, 0.15) is 0 Å². The van der Waals surface area contributed by atoms with Crippen LogP contribution in [0.15, 0.2) is 54.6 Å². The molecule has 1 aliphatic rings. The van der Waals surface area contributed by atoms with Crippen molar-refractivity contribution >= 4 is 5.91 Å². The smallest absolute Gasteiger partial charge is 0.224 e. The largest absolute Gasteiger partial charge is 0.381 e. The second-order valence-corrected chi connectivity index (χ2v) is 6.13. The molecular weight excluding hydrogens is 286 g/mol. The first-order valence-electron chi connectivity index (χ1n) is 8.30. The standard InChI is InChI=1S/C20H23NO2/c22-20(21-14-17-5-4-12-23-15-17)13-16-8-10-19(11-9-16)18-6-2-1-3-7-18/h1-3,6-11,17H,4-5,12-15H2,(H,21,22)/t17-/m1/s1. The van der Waals surface area contributed by atoms with Crippen LogP contribution in [0.3, 0.4) is 0 Å². The monoisotopic (exact) mass is 309 g/mol. The third-order valence-electron chi connectivity index (χ3n) is 4.27. The molecule has 1 amide bonds. The summed E-state index contributed by atoms with van der Waals surface area (Å²) in [5, 5.41) is 3.03. The quantitative estimate of drug-likeness (QED) is 0.919. The number of benzene rings is 2. The molecule has 3 rings (SSSR count).